The molecule has 1 aromatic rings. The first-order valence-electron chi connectivity index (χ1n) is 6.44. The molecule has 1 heterocycles. The summed E-state index contributed by atoms with van der Waals surface area (Å²) in [5.74, 6) is 0.900. The van der Waals surface area contributed by atoms with Gasteiger partial charge in [-0.05, 0) is 44.1 Å². The van der Waals surface area contributed by atoms with Crippen molar-refractivity contribution < 1.29 is 9.53 Å². The summed E-state index contributed by atoms with van der Waals surface area (Å²) in [4.78, 5) is 13.0. The lowest BCUT2D eigenvalue weighted by Crippen LogP contribution is -2.36. The first kappa shape index (κ1) is 14.6. The summed E-state index contributed by atoms with van der Waals surface area (Å²) >= 11 is 11.9. The number of halogens is 2. The zero-order valence-electron chi connectivity index (χ0n) is 10.6. The summed E-state index contributed by atoms with van der Waals surface area (Å²) in [6.45, 7) is 3.36. The van der Waals surface area contributed by atoms with E-state index in [4.69, 9.17) is 27.9 Å². The lowest BCUT2D eigenvalue weighted by atomic mass is 9.99. The third kappa shape index (κ3) is 4.37. The van der Waals surface area contributed by atoms with Gasteiger partial charge >= 0.3 is 0 Å². The monoisotopic (exact) mass is 301 g/mol. The first-order chi connectivity index (χ1) is 9.19. The van der Waals surface area contributed by atoms with E-state index in [0.717, 1.165) is 38.8 Å². The van der Waals surface area contributed by atoms with Crippen LogP contribution in [0.3, 0.4) is 0 Å². The molecule has 0 atom stereocenters. The fourth-order valence-corrected chi connectivity index (χ4v) is 2.65. The number of piperidine rings is 1. The molecule has 1 aliphatic rings. The smallest absolute Gasteiger partial charge is 0.138 e. The highest BCUT2D eigenvalue weighted by atomic mass is 35.5. The fraction of sp³-hybridized carbons (Fsp3) is 0.500. The summed E-state index contributed by atoms with van der Waals surface area (Å²) < 4.78 is 5.65. The van der Waals surface area contributed by atoms with Gasteiger partial charge < -0.3 is 9.53 Å². The highest BCUT2D eigenvalue weighted by Gasteiger charge is 2.18. The number of rotatable bonds is 5. The molecule has 0 spiro atoms. The van der Waals surface area contributed by atoms with E-state index >= 15 is 0 Å². The molecule has 0 bridgehead atoms. The number of benzene rings is 1. The van der Waals surface area contributed by atoms with Crippen LogP contribution in [0, 0.1) is 5.92 Å². The predicted molar refractivity (Wildman–Crippen MR) is 77.2 cm³/mol. The highest BCUT2D eigenvalue weighted by molar-refractivity contribution is 6.35. The number of likely N-dealkylation sites (tertiary alicyclic amines) is 1. The Labute approximate surface area is 123 Å². The molecule has 19 heavy (non-hydrogen) atoms. The molecule has 1 aromatic carbocycles. The molecule has 3 nitrogen and oxygen atoms in total. The van der Waals surface area contributed by atoms with Crippen molar-refractivity contribution in [2.45, 2.75) is 12.8 Å². The van der Waals surface area contributed by atoms with E-state index in [1.807, 2.05) is 0 Å². The number of hydrogen-bond acceptors (Lipinski definition) is 3. The van der Waals surface area contributed by atoms with E-state index in [2.05, 4.69) is 4.90 Å². The molecule has 1 aliphatic heterocycles. The van der Waals surface area contributed by atoms with Crippen molar-refractivity contribution in [3.05, 3.63) is 28.2 Å². The minimum absolute atomic E-state index is 0.239. The van der Waals surface area contributed by atoms with Crippen molar-refractivity contribution in [2.24, 2.45) is 5.92 Å². The van der Waals surface area contributed by atoms with Crippen molar-refractivity contribution in [3.8, 4) is 5.75 Å². The fourth-order valence-electron chi connectivity index (χ4n) is 2.19. The quantitative estimate of drug-likeness (QED) is 0.782. The Balaban J connectivity index is 1.73. The van der Waals surface area contributed by atoms with Gasteiger partial charge in [-0.15, -0.1) is 0 Å². The van der Waals surface area contributed by atoms with Crippen molar-refractivity contribution >= 4 is 29.5 Å². The van der Waals surface area contributed by atoms with Gasteiger partial charge in [0.2, 0.25) is 0 Å². The third-order valence-electron chi connectivity index (χ3n) is 3.38. The second kappa shape index (κ2) is 7.13. The van der Waals surface area contributed by atoms with Crippen molar-refractivity contribution in [1.29, 1.82) is 0 Å². The molecule has 0 N–H and O–H groups in total. The van der Waals surface area contributed by atoms with Crippen LogP contribution in [0.25, 0.3) is 0 Å². The van der Waals surface area contributed by atoms with Crippen LogP contribution in [0.5, 0.6) is 5.75 Å². The second-order valence-electron chi connectivity index (χ2n) is 4.74. The normalized spacial score (nSPS) is 17.4. The van der Waals surface area contributed by atoms with Crippen LogP contribution in [0.15, 0.2) is 18.2 Å². The molecule has 5 heteroatoms. The zero-order valence-corrected chi connectivity index (χ0v) is 12.2. The Morgan fingerprint density at radius 1 is 1.32 bits per heavy atom. The van der Waals surface area contributed by atoms with Gasteiger partial charge in [-0.25, -0.2) is 0 Å². The van der Waals surface area contributed by atoms with Gasteiger partial charge in [0, 0.05) is 17.5 Å². The average molecular weight is 302 g/mol. The van der Waals surface area contributed by atoms with Crippen LogP contribution < -0.4 is 4.74 Å². The maximum atomic E-state index is 10.7. The minimum atomic E-state index is 0.239. The number of aldehydes is 1. The van der Waals surface area contributed by atoms with Gasteiger partial charge in [0.05, 0.1) is 5.02 Å². The van der Waals surface area contributed by atoms with Crippen LogP contribution in [0.1, 0.15) is 12.8 Å². The lowest BCUT2D eigenvalue weighted by molar-refractivity contribution is -0.112. The molecule has 0 radical (unpaired) electrons. The minimum Gasteiger partial charge on any atom is -0.491 e. The molecule has 0 saturated carbocycles. The molecular formula is C14H17Cl2NO2. The van der Waals surface area contributed by atoms with Gasteiger partial charge in [0.25, 0.3) is 0 Å². The summed E-state index contributed by atoms with van der Waals surface area (Å²) in [5, 5.41) is 1.14. The van der Waals surface area contributed by atoms with Crippen LogP contribution in [0.4, 0.5) is 0 Å². The van der Waals surface area contributed by atoms with Crippen LogP contribution >= 0.6 is 23.2 Å². The number of ether oxygens (including phenoxy) is 1. The largest absolute Gasteiger partial charge is 0.491 e. The van der Waals surface area contributed by atoms with E-state index in [1.165, 1.54) is 0 Å². The topological polar surface area (TPSA) is 29.5 Å². The number of carbonyl (C=O) groups is 1. The van der Waals surface area contributed by atoms with Crippen LogP contribution in [-0.4, -0.2) is 37.4 Å². The number of carbonyl (C=O) groups excluding carboxylic acids is 1. The Kier molecular flexibility index (Phi) is 5.49. The lowest BCUT2D eigenvalue weighted by Gasteiger charge is -2.29. The highest BCUT2D eigenvalue weighted by Crippen LogP contribution is 2.27. The Bertz CT molecular complexity index is 431. The summed E-state index contributed by atoms with van der Waals surface area (Å²) in [5.41, 5.74) is 0. The van der Waals surface area contributed by atoms with E-state index in [1.54, 1.807) is 18.2 Å². The van der Waals surface area contributed by atoms with Crippen molar-refractivity contribution in [3.63, 3.8) is 0 Å². The van der Waals surface area contributed by atoms with E-state index in [-0.39, 0.29) is 5.92 Å². The van der Waals surface area contributed by atoms with Gasteiger partial charge in [0.1, 0.15) is 18.6 Å². The third-order valence-corrected chi connectivity index (χ3v) is 3.91. The Morgan fingerprint density at radius 2 is 2.05 bits per heavy atom. The maximum absolute atomic E-state index is 10.7. The predicted octanol–water partition coefficient (Wildman–Crippen LogP) is 3.28. The molecule has 2 rings (SSSR count). The number of hydrogen-bond donors (Lipinski definition) is 0. The zero-order chi connectivity index (χ0) is 13.7. The number of nitrogens with zero attached hydrogens (tertiary/aromatic N) is 1. The van der Waals surface area contributed by atoms with Crippen LogP contribution in [0.2, 0.25) is 10.0 Å². The first-order valence-corrected chi connectivity index (χ1v) is 7.20. The average Bonchev–Trinajstić information content (AvgIpc) is 2.42. The summed E-state index contributed by atoms with van der Waals surface area (Å²) in [6.07, 6.45) is 2.97. The van der Waals surface area contributed by atoms with E-state index in [0.29, 0.717) is 22.4 Å². The molecule has 0 amide bonds. The van der Waals surface area contributed by atoms with Crippen molar-refractivity contribution in [2.75, 3.05) is 26.2 Å². The molecule has 0 aliphatic carbocycles. The van der Waals surface area contributed by atoms with Crippen molar-refractivity contribution in [1.82, 2.24) is 4.90 Å². The SMILES string of the molecule is O=CC1CCN(CCOc2ccc(Cl)cc2Cl)CC1. The molecule has 0 aromatic heterocycles. The second-order valence-corrected chi connectivity index (χ2v) is 5.58. The molecule has 104 valence electrons. The van der Waals surface area contributed by atoms with Gasteiger partial charge in [-0.3, -0.25) is 4.90 Å². The standard InChI is InChI=1S/C14H17Cl2NO2/c15-12-1-2-14(13(16)9-12)19-8-7-17-5-3-11(10-18)4-6-17/h1-2,9-11H,3-8H2. The molecule has 1 saturated heterocycles. The van der Waals surface area contributed by atoms with E-state index < -0.39 is 0 Å². The Hall–Kier alpha value is -0.770. The van der Waals surface area contributed by atoms with Gasteiger partial charge in [-0.2, -0.15) is 0 Å². The Morgan fingerprint density at radius 3 is 2.68 bits per heavy atom. The molecular weight excluding hydrogens is 285 g/mol. The van der Waals surface area contributed by atoms with E-state index in [9.17, 15) is 4.79 Å². The summed E-state index contributed by atoms with van der Waals surface area (Å²) in [7, 11) is 0. The van der Waals surface area contributed by atoms with Gasteiger partial charge in [0.15, 0.2) is 0 Å². The van der Waals surface area contributed by atoms with Gasteiger partial charge in [-0.1, -0.05) is 23.2 Å². The maximum Gasteiger partial charge on any atom is 0.138 e. The molecule has 0 unspecified atom stereocenters. The summed E-state index contributed by atoms with van der Waals surface area (Å²) in [6, 6.07) is 5.22. The van der Waals surface area contributed by atoms with Crippen LogP contribution in [-0.2, 0) is 4.79 Å². The molecule has 1 fully saturated rings.